The SMILES string of the molecule is CCNC(=NCC1(c2ccccc2Cl)CCOCC1)N1CCC(CN2CCCC2)C1. The van der Waals surface area contributed by atoms with E-state index < -0.39 is 0 Å². The maximum Gasteiger partial charge on any atom is 0.193 e. The minimum absolute atomic E-state index is 0.0358. The minimum Gasteiger partial charge on any atom is -0.381 e. The molecule has 4 rings (SSSR count). The zero-order chi connectivity index (χ0) is 20.8. The fourth-order valence-corrected chi connectivity index (χ4v) is 5.66. The van der Waals surface area contributed by atoms with Crippen LogP contribution in [-0.4, -0.2) is 74.8 Å². The summed E-state index contributed by atoms with van der Waals surface area (Å²) in [6, 6.07) is 8.29. The molecule has 30 heavy (non-hydrogen) atoms. The van der Waals surface area contributed by atoms with Crippen molar-refractivity contribution in [1.29, 1.82) is 0 Å². The van der Waals surface area contributed by atoms with E-state index in [9.17, 15) is 0 Å². The van der Waals surface area contributed by atoms with Crippen LogP contribution in [0.25, 0.3) is 0 Å². The van der Waals surface area contributed by atoms with E-state index in [0.29, 0.717) is 0 Å². The van der Waals surface area contributed by atoms with E-state index in [4.69, 9.17) is 21.3 Å². The van der Waals surface area contributed by atoms with Crippen molar-refractivity contribution in [3.63, 3.8) is 0 Å². The van der Waals surface area contributed by atoms with E-state index in [0.717, 1.165) is 69.1 Å². The van der Waals surface area contributed by atoms with Crippen molar-refractivity contribution in [2.45, 2.75) is 44.4 Å². The highest BCUT2D eigenvalue weighted by molar-refractivity contribution is 6.31. The van der Waals surface area contributed by atoms with Crippen molar-refractivity contribution in [3.05, 3.63) is 34.9 Å². The Labute approximate surface area is 186 Å². The molecule has 6 heteroatoms. The third-order valence-corrected chi connectivity index (χ3v) is 7.39. The number of ether oxygens (including phenoxy) is 1. The molecular formula is C24H37ClN4O. The number of likely N-dealkylation sites (tertiary alicyclic amines) is 2. The normalized spacial score (nSPS) is 25.1. The van der Waals surface area contributed by atoms with Crippen molar-refractivity contribution in [1.82, 2.24) is 15.1 Å². The van der Waals surface area contributed by atoms with Crippen molar-refractivity contribution in [2.75, 3.05) is 59.0 Å². The van der Waals surface area contributed by atoms with Crippen LogP contribution in [0, 0.1) is 5.92 Å². The van der Waals surface area contributed by atoms with Gasteiger partial charge in [-0.15, -0.1) is 0 Å². The molecule has 1 aromatic carbocycles. The summed E-state index contributed by atoms with van der Waals surface area (Å²) in [6.07, 6.45) is 5.95. The summed E-state index contributed by atoms with van der Waals surface area (Å²) >= 11 is 6.63. The Hall–Kier alpha value is -1.30. The monoisotopic (exact) mass is 432 g/mol. The van der Waals surface area contributed by atoms with Crippen LogP contribution in [0.2, 0.25) is 5.02 Å². The van der Waals surface area contributed by atoms with Crippen molar-refractivity contribution in [3.8, 4) is 0 Å². The van der Waals surface area contributed by atoms with Gasteiger partial charge in [0.25, 0.3) is 0 Å². The van der Waals surface area contributed by atoms with Crippen LogP contribution >= 0.6 is 11.6 Å². The first kappa shape index (κ1) is 21.9. The summed E-state index contributed by atoms with van der Waals surface area (Å²) in [5.74, 6) is 1.83. The molecule has 0 aliphatic carbocycles. The second kappa shape index (κ2) is 10.3. The van der Waals surface area contributed by atoms with Gasteiger partial charge in [-0.25, -0.2) is 0 Å². The highest BCUT2D eigenvalue weighted by Gasteiger charge is 2.36. The van der Waals surface area contributed by atoms with Crippen molar-refractivity contribution < 1.29 is 4.74 Å². The number of nitrogens with one attached hydrogen (secondary N) is 1. The van der Waals surface area contributed by atoms with Gasteiger partial charge in [-0.1, -0.05) is 29.8 Å². The summed E-state index contributed by atoms with van der Waals surface area (Å²) in [6.45, 7) is 11.4. The van der Waals surface area contributed by atoms with Crippen LogP contribution in [0.5, 0.6) is 0 Å². The third-order valence-electron chi connectivity index (χ3n) is 7.06. The number of guanidine groups is 1. The number of benzene rings is 1. The summed E-state index contributed by atoms with van der Waals surface area (Å²) in [5, 5.41) is 4.41. The van der Waals surface area contributed by atoms with Gasteiger partial charge in [0.1, 0.15) is 0 Å². The average molecular weight is 433 g/mol. The molecule has 3 aliphatic rings. The van der Waals surface area contributed by atoms with Crippen LogP contribution in [0.1, 0.15) is 44.6 Å². The maximum atomic E-state index is 6.63. The number of rotatable bonds is 6. The number of hydrogen-bond donors (Lipinski definition) is 1. The molecule has 0 aromatic heterocycles. The molecule has 0 radical (unpaired) electrons. The fraction of sp³-hybridized carbons (Fsp3) is 0.708. The highest BCUT2D eigenvalue weighted by Crippen LogP contribution is 2.39. The predicted molar refractivity (Wildman–Crippen MR) is 125 cm³/mol. The molecule has 1 N–H and O–H groups in total. The van der Waals surface area contributed by atoms with Gasteiger partial charge in [0.2, 0.25) is 0 Å². The molecule has 1 atom stereocenters. The van der Waals surface area contributed by atoms with E-state index in [2.05, 4.69) is 34.2 Å². The molecule has 0 amide bonds. The molecule has 0 spiro atoms. The second-order valence-electron chi connectivity index (χ2n) is 9.15. The Morgan fingerprint density at radius 1 is 1.20 bits per heavy atom. The molecular weight excluding hydrogens is 396 g/mol. The van der Waals surface area contributed by atoms with Gasteiger partial charge in [-0.3, -0.25) is 4.99 Å². The maximum absolute atomic E-state index is 6.63. The average Bonchev–Trinajstić information content (AvgIpc) is 3.45. The topological polar surface area (TPSA) is 40.1 Å². The van der Waals surface area contributed by atoms with Crippen molar-refractivity contribution in [2.24, 2.45) is 10.9 Å². The molecule has 3 saturated heterocycles. The van der Waals surface area contributed by atoms with E-state index in [1.807, 2.05) is 12.1 Å². The summed E-state index contributed by atoms with van der Waals surface area (Å²) in [4.78, 5) is 10.3. The van der Waals surface area contributed by atoms with E-state index in [1.165, 1.54) is 44.5 Å². The summed E-state index contributed by atoms with van der Waals surface area (Å²) in [5.41, 5.74) is 1.19. The first-order chi connectivity index (χ1) is 14.7. The number of aliphatic imine (C=N–C) groups is 1. The first-order valence-corrected chi connectivity index (χ1v) is 12.2. The first-order valence-electron chi connectivity index (χ1n) is 11.8. The zero-order valence-electron chi connectivity index (χ0n) is 18.4. The van der Waals surface area contributed by atoms with E-state index in [1.54, 1.807) is 0 Å². The minimum atomic E-state index is -0.0358. The van der Waals surface area contributed by atoms with Crippen LogP contribution in [-0.2, 0) is 10.2 Å². The number of halogens is 1. The Morgan fingerprint density at radius 2 is 1.97 bits per heavy atom. The number of hydrogen-bond acceptors (Lipinski definition) is 3. The predicted octanol–water partition coefficient (Wildman–Crippen LogP) is 3.77. The lowest BCUT2D eigenvalue weighted by Crippen LogP contribution is -2.43. The van der Waals surface area contributed by atoms with Gasteiger partial charge in [-0.05, 0) is 69.7 Å². The van der Waals surface area contributed by atoms with Gasteiger partial charge in [0, 0.05) is 49.8 Å². The Morgan fingerprint density at radius 3 is 2.70 bits per heavy atom. The second-order valence-corrected chi connectivity index (χ2v) is 9.56. The highest BCUT2D eigenvalue weighted by atomic mass is 35.5. The van der Waals surface area contributed by atoms with Crippen LogP contribution in [0.3, 0.4) is 0 Å². The molecule has 3 fully saturated rings. The molecule has 3 heterocycles. The molecule has 0 bridgehead atoms. The van der Waals surface area contributed by atoms with Gasteiger partial charge in [0.15, 0.2) is 5.96 Å². The van der Waals surface area contributed by atoms with E-state index in [-0.39, 0.29) is 5.41 Å². The van der Waals surface area contributed by atoms with Crippen LogP contribution in [0.4, 0.5) is 0 Å². The number of nitrogens with zero attached hydrogens (tertiary/aromatic N) is 3. The summed E-state index contributed by atoms with van der Waals surface area (Å²) in [7, 11) is 0. The zero-order valence-corrected chi connectivity index (χ0v) is 19.2. The molecule has 0 saturated carbocycles. The third kappa shape index (κ3) is 5.12. The smallest absolute Gasteiger partial charge is 0.193 e. The van der Waals surface area contributed by atoms with Gasteiger partial charge < -0.3 is 19.9 Å². The molecule has 1 unspecified atom stereocenters. The quantitative estimate of drug-likeness (QED) is 0.548. The Bertz CT molecular complexity index is 713. The summed E-state index contributed by atoms with van der Waals surface area (Å²) < 4.78 is 5.70. The standard InChI is InChI=1S/C24H37ClN4O/c1-2-26-23(29-14-9-20(18-29)17-28-12-5-6-13-28)27-19-24(10-15-30-16-11-24)21-7-3-4-8-22(21)25/h3-4,7-8,20H,2,5-6,9-19H2,1H3,(H,26,27). The van der Waals surface area contributed by atoms with Gasteiger partial charge in [0.05, 0.1) is 6.54 Å². The Kier molecular flexibility index (Phi) is 7.55. The lowest BCUT2D eigenvalue weighted by atomic mass is 9.74. The van der Waals surface area contributed by atoms with Gasteiger partial charge in [-0.2, -0.15) is 0 Å². The lowest BCUT2D eigenvalue weighted by Gasteiger charge is -2.37. The van der Waals surface area contributed by atoms with Crippen molar-refractivity contribution >= 4 is 17.6 Å². The molecule has 166 valence electrons. The Balaban J connectivity index is 1.47. The van der Waals surface area contributed by atoms with E-state index >= 15 is 0 Å². The lowest BCUT2D eigenvalue weighted by molar-refractivity contribution is 0.0530. The largest absolute Gasteiger partial charge is 0.381 e. The molecule has 1 aromatic rings. The van der Waals surface area contributed by atoms with Gasteiger partial charge >= 0.3 is 0 Å². The molecule has 3 aliphatic heterocycles. The van der Waals surface area contributed by atoms with Crippen LogP contribution < -0.4 is 5.32 Å². The molecule has 5 nitrogen and oxygen atoms in total. The fourth-order valence-electron chi connectivity index (χ4n) is 5.32. The van der Waals surface area contributed by atoms with Crippen LogP contribution in [0.15, 0.2) is 29.3 Å².